The van der Waals surface area contributed by atoms with Crippen LogP contribution in [0.5, 0.6) is 5.75 Å². The average molecular weight is 530 g/mol. The van der Waals surface area contributed by atoms with Crippen LogP contribution in [-0.4, -0.2) is 17.7 Å². The lowest BCUT2D eigenvalue weighted by Crippen LogP contribution is -2.04. The van der Waals surface area contributed by atoms with Gasteiger partial charge < -0.3 is 9.84 Å². The van der Waals surface area contributed by atoms with Crippen molar-refractivity contribution in [1.82, 2.24) is 0 Å². The number of carboxylic acids is 1. The molecule has 1 aromatic rings. The molecule has 1 N–H and O–H groups in total. The predicted octanol–water partition coefficient (Wildman–Crippen LogP) is 6.11. The van der Waals surface area contributed by atoms with Gasteiger partial charge in [0.05, 0.1) is 19.3 Å². The zero-order chi connectivity index (χ0) is 16.4. The Morgan fingerprint density at radius 3 is 2.00 bits per heavy atom. The number of halogens is 2. The molecule has 0 heterocycles. The van der Waals surface area contributed by atoms with Crippen molar-refractivity contribution in [3.8, 4) is 5.75 Å². The van der Waals surface area contributed by atoms with Crippen molar-refractivity contribution < 1.29 is 14.6 Å². The molecule has 0 unspecified atom stereocenters. The van der Waals surface area contributed by atoms with Crippen LogP contribution in [0.25, 0.3) is 0 Å². The molecule has 22 heavy (non-hydrogen) atoms. The summed E-state index contributed by atoms with van der Waals surface area (Å²) in [7, 11) is 0. The van der Waals surface area contributed by atoms with E-state index in [2.05, 4.69) is 52.1 Å². The number of rotatable bonds is 11. The lowest BCUT2D eigenvalue weighted by Gasteiger charge is -2.11. The number of carbonyl (C=O) groups is 1. The molecular weight excluding hydrogens is 506 g/mol. The van der Waals surface area contributed by atoms with Gasteiger partial charge in [-0.25, -0.2) is 4.79 Å². The van der Waals surface area contributed by atoms with Crippen molar-refractivity contribution in [3.63, 3.8) is 0 Å². The van der Waals surface area contributed by atoms with Gasteiger partial charge in [-0.2, -0.15) is 0 Å². The molecule has 124 valence electrons. The van der Waals surface area contributed by atoms with Crippen LogP contribution < -0.4 is 4.74 Å². The van der Waals surface area contributed by atoms with Crippen molar-refractivity contribution in [2.45, 2.75) is 58.3 Å². The Bertz CT molecular complexity index is 452. The second-order valence-corrected chi connectivity index (χ2v) is 7.72. The predicted molar refractivity (Wildman–Crippen MR) is 107 cm³/mol. The van der Waals surface area contributed by atoms with Gasteiger partial charge in [0.25, 0.3) is 0 Å². The van der Waals surface area contributed by atoms with E-state index in [0.29, 0.717) is 12.2 Å². The highest BCUT2D eigenvalue weighted by Gasteiger charge is 2.12. The number of aromatic carboxylic acids is 1. The van der Waals surface area contributed by atoms with E-state index in [0.717, 1.165) is 19.3 Å². The fraction of sp³-hybridized carbons (Fsp3) is 0.588. The normalized spacial score (nSPS) is 10.7. The topological polar surface area (TPSA) is 46.5 Å². The van der Waals surface area contributed by atoms with Crippen molar-refractivity contribution in [2.75, 3.05) is 6.61 Å². The van der Waals surface area contributed by atoms with Crippen LogP contribution >= 0.6 is 45.2 Å². The van der Waals surface area contributed by atoms with Crippen molar-refractivity contribution in [2.24, 2.45) is 0 Å². The highest BCUT2D eigenvalue weighted by Crippen LogP contribution is 2.29. The maximum atomic E-state index is 11.0. The SMILES string of the molecule is CCCCCCCCCCOc1c(I)cc(C(=O)O)cc1I. The molecule has 0 saturated carbocycles. The molecule has 0 fully saturated rings. The lowest BCUT2D eigenvalue weighted by molar-refractivity contribution is 0.0696. The summed E-state index contributed by atoms with van der Waals surface area (Å²) < 4.78 is 7.56. The molecule has 0 amide bonds. The molecule has 1 rings (SSSR count). The third kappa shape index (κ3) is 7.48. The number of benzene rings is 1. The molecule has 0 bridgehead atoms. The van der Waals surface area contributed by atoms with Crippen molar-refractivity contribution >= 4 is 51.2 Å². The zero-order valence-electron chi connectivity index (χ0n) is 13.0. The first-order valence-corrected chi connectivity index (χ1v) is 10.1. The molecule has 0 aromatic heterocycles. The molecule has 0 aliphatic carbocycles. The Morgan fingerprint density at radius 1 is 1.00 bits per heavy atom. The molecule has 0 aliphatic heterocycles. The summed E-state index contributed by atoms with van der Waals surface area (Å²) in [5.41, 5.74) is 0.313. The van der Waals surface area contributed by atoms with Gasteiger partial charge in [-0.15, -0.1) is 0 Å². The largest absolute Gasteiger partial charge is 0.491 e. The first-order valence-electron chi connectivity index (χ1n) is 7.91. The number of hydrogen-bond acceptors (Lipinski definition) is 2. The average Bonchev–Trinajstić information content (AvgIpc) is 2.47. The fourth-order valence-corrected chi connectivity index (χ4v) is 4.31. The second kappa shape index (κ2) is 11.5. The Hall–Kier alpha value is -0.0500. The van der Waals surface area contributed by atoms with Gasteiger partial charge in [-0.05, 0) is 63.7 Å². The van der Waals surface area contributed by atoms with E-state index in [1.165, 1.54) is 44.9 Å². The Morgan fingerprint density at radius 2 is 1.50 bits per heavy atom. The van der Waals surface area contributed by atoms with Gasteiger partial charge in [-0.1, -0.05) is 51.9 Å². The van der Waals surface area contributed by atoms with E-state index in [1.807, 2.05) is 0 Å². The van der Waals surface area contributed by atoms with Crippen LogP contribution in [0.1, 0.15) is 68.6 Å². The summed E-state index contributed by atoms with van der Waals surface area (Å²) in [6.45, 7) is 2.94. The molecule has 5 heteroatoms. The Balaban J connectivity index is 2.26. The number of hydrogen-bond donors (Lipinski definition) is 1. The van der Waals surface area contributed by atoms with E-state index in [4.69, 9.17) is 9.84 Å². The first-order chi connectivity index (χ1) is 10.6. The maximum Gasteiger partial charge on any atom is 0.335 e. The van der Waals surface area contributed by atoms with E-state index >= 15 is 0 Å². The minimum absolute atomic E-state index is 0.313. The van der Waals surface area contributed by atoms with Gasteiger partial charge >= 0.3 is 5.97 Å². The summed E-state index contributed by atoms with van der Waals surface area (Å²) in [4.78, 5) is 11.0. The van der Waals surface area contributed by atoms with Gasteiger partial charge in [0, 0.05) is 0 Å². The zero-order valence-corrected chi connectivity index (χ0v) is 17.4. The van der Waals surface area contributed by atoms with Crippen LogP contribution in [0.4, 0.5) is 0 Å². The number of unbranched alkanes of at least 4 members (excludes halogenated alkanes) is 7. The fourth-order valence-electron chi connectivity index (χ4n) is 2.23. The molecular formula is C17H24I2O3. The van der Waals surface area contributed by atoms with E-state index in [1.54, 1.807) is 12.1 Å². The summed E-state index contributed by atoms with van der Waals surface area (Å²) in [6, 6.07) is 3.32. The van der Waals surface area contributed by atoms with Gasteiger partial charge in [0.2, 0.25) is 0 Å². The van der Waals surface area contributed by atoms with Crippen LogP contribution in [0.15, 0.2) is 12.1 Å². The third-order valence-electron chi connectivity index (χ3n) is 3.49. The van der Waals surface area contributed by atoms with Crippen molar-refractivity contribution in [3.05, 3.63) is 24.8 Å². The van der Waals surface area contributed by atoms with Crippen LogP contribution in [0, 0.1) is 7.14 Å². The van der Waals surface area contributed by atoms with Gasteiger partial charge in [0.1, 0.15) is 5.75 Å². The molecule has 0 spiro atoms. The van der Waals surface area contributed by atoms with E-state index in [9.17, 15) is 4.79 Å². The van der Waals surface area contributed by atoms with Crippen LogP contribution in [0.2, 0.25) is 0 Å². The standard InChI is InChI=1S/C17H24I2O3/c1-2-3-4-5-6-7-8-9-10-22-16-14(18)11-13(17(20)21)12-15(16)19/h11-12H,2-10H2,1H3,(H,20,21). The second-order valence-electron chi connectivity index (χ2n) is 5.40. The molecule has 1 aromatic carbocycles. The highest BCUT2D eigenvalue weighted by molar-refractivity contribution is 14.1. The number of ether oxygens (including phenoxy) is 1. The van der Waals surface area contributed by atoms with Gasteiger partial charge in [-0.3, -0.25) is 0 Å². The Labute approximate surface area is 160 Å². The first kappa shape index (κ1) is 20.0. The minimum atomic E-state index is -0.898. The Kier molecular flexibility index (Phi) is 10.4. The summed E-state index contributed by atoms with van der Waals surface area (Å²) in [5, 5.41) is 9.03. The van der Waals surface area contributed by atoms with Crippen LogP contribution in [0.3, 0.4) is 0 Å². The smallest absolute Gasteiger partial charge is 0.335 e. The number of carboxylic acid groups (broad SMARTS) is 1. The van der Waals surface area contributed by atoms with Gasteiger partial charge in [0.15, 0.2) is 0 Å². The molecule has 0 radical (unpaired) electrons. The summed E-state index contributed by atoms with van der Waals surface area (Å²) in [5.74, 6) is -0.0837. The van der Waals surface area contributed by atoms with E-state index in [-0.39, 0.29) is 0 Å². The molecule has 0 aliphatic rings. The lowest BCUT2D eigenvalue weighted by atomic mass is 10.1. The van der Waals surface area contributed by atoms with Crippen molar-refractivity contribution in [1.29, 1.82) is 0 Å². The maximum absolute atomic E-state index is 11.0. The quantitative estimate of drug-likeness (QED) is 0.278. The molecule has 0 saturated heterocycles. The van der Waals surface area contributed by atoms with E-state index < -0.39 is 5.97 Å². The van der Waals surface area contributed by atoms with Crippen LogP contribution in [-0.2, 0) is 0 Å². The summed E-state index contributed by atoms with van der Waals surface area (Å²) in [6.07, 6.45) is 10.2. The molecule has 3 nitrogen and oxygen atoms in total. The minimum Gasteiger partial charge on any atom is -0.491 e. The molecule has 0 atom stereocenters. The highest BCUT2D eigenvalue weighted by atomic mass is 127. The monoisotopic (exact) mass is 530 g/mol. The third-order valence-corrected chi connectivity index (χ3v) is 5.09. The summed E-state index contributed by atoms with van der Waals surface area (Å²) >= 11 is 4.28.